The molecule has 86 valence electrons. The molecule has 5 heteroatoms. The van der Waals surface area contributed by atoms with Crippen molar-refractivity contribution in [2.75, 3.05) is 6.61 Å². The lowest BCUT2D eigenvalue weighted by Crippen LogP contribution is -2.16. The van der Waals surface area contributed by atoms with Gasteiger partial charge in [-0.25, -0.2) is 4.98 Å². The molecule has 15 heavy (non-hydrogen) atoms. The van der Waals surface area contributed by atoms with Crippen molar-refractivity contribution in [1.82, 2.24) is 14.8 Å². The third-order valence-electron chi connectivity index (χ3n) is 2.24. The third kappa shape index (κ3) is 3.97. The molecule has 0 saturated heterocycles. The van der Waals surface area contributed by atoms with E-state index in [0.717, 1.165) is 18.8 Å². The van der Waals surface area contributed by atoms with Gasteiger partial charge in [0.25, 0.3) is 0 Å². The first-order valence-electron chi connectivity index (χ1n) is 5.43. The van der Waals surface area contributed by atoms with E-state index >= 15 is 0 Å². The number of aliphatic hydroxyl groups is 2. The normalized spacial score (nSPS) is 13.0. The fraction of sp³-hybridized carbons (Fsp3) is 0.800. The number of aromatic nitrogens is 3. The number of aryl methyl sites for hydroxylation is 1. The van der Waals surface area contributed by atoms with Crippen molar-refractivity contribution in [3.05, 3.63) is 12.2 Å². The van der Waals surface area contributed by atoms with Crippen molar-refractivity contribution in [1.29, 1.82) is 0 Å². The van der Waals surface area contributed by atoms with E-state index < -0.39 is 6.10 Å². The highest BCUT2D eigenvalue weighted by molar-refractivity contribution is 4.87. The summed E-state index contributed by atoms with van der Waals surface area (Å²) in [7, 11) is 0. The Labute approximate surface area is 89.8 Å². The SMILES string of the molecule is CCCn1ncnc1CC(O)CCCO. The summed E-state index contributed by atoms with van der Waals surface area (Å²) in [5.41, 5.74) is 0. The van der Waals surface area contributed by atoms with Crippen molar-refractivity contribution in [3.8, 4) is 0 Å². The number of aliphatic hydroxyl groups excluding tert-OH is 2. The number of nitrogens with zero attached hydrogens (tertiary/aromatic N) is 3. The van der Waals surface area contributed by atoms with Gasteiger partial charge in [0, 0.05) is 19.6 Å². The fourth-order valence-electron chi connectivity index (χ4n) is 1.48. The van der Waals surface area contributed by atoms with Crippen LogP contribution in [0.1, 0.15) is 32.0 Å². The molecule has 2 N–H and O–H groups in total. The first-order valence-corrected chi connectivity index (χ1v) is 5.43. The van der Waals surface area contributed by atoms with Crippen LogP contribution in [-0.2, 0) is 13.0 Å². The highest BCUT2D eigenvalue weighted by atomic mass is 16.3. The lowest BCUT2D eigenvalue weighted by Gasteiger charge is -2.09. The van der Waals surface area contributed by atoms with Gasteiger partial charge >= 0.3 is 0 Å². The van der Waals surface area contributed by atoms with E-state index in [2.05, 4.69) is 17.0 Å². The van der Waals surface area contributed by atoms with E-state index in [1.54, 1.807) is 0 Å². The Hall–Kier alpha value is -0.940. The highest BCUT2D eigenvalue weighted by Gasteiger charge is 2.10. The zero-order chi connectivity index (χ0) is 11.1. The van der Waals surface area contributed by atoms with Crippen molar-refractivity contribution in [3.63, 3.8) is 0 Å². The van der Waals surface area contributed by atoms with Gasteiger partial charge in [-0.05, 0) is 19.3 Å². The second kappa shape index (κ2) is 6.53. The van der Waals surface area contributed by atoms with Gasteiger partial charge in [-0.15, -0.1) is 0 Å². The minimum Gasteiger partial charge on any atom is -0.396 e. The Morgan fingerprint density at radius 1 is 1.53 bits per heavy atom. The van der Waals surface area contributed by atoms with Crippen LogP contribution in [0.25, 0.3) is 0 Å². The zero-order valence-corrected chi connectivity index (χ0v) is 9.13. The first kappa shape index (κ1) is 12.1. The fourth-order valence-corrected chi connectivity index (χ4v) is 1.48. The molecule has 1 aromatic rings. The molecule has 0 spiro atoms. The van der Waals surface area contributed by atoms with E-state index in [4.69, 9.17) is 5.11 Å². The lowest BCUT2D eigenvalue weighted by molar-refractivity contribution is 0.146. The molecule has 1 unspecified atom stereocenters. The van der Waals surface area contributed by atoms with Gasteiger partial charge in [0.1, 0.15) is 12.2 Å². The number of rotatable bonds is 7. The largest absolute Gasteiger partial charge is 0.396 e. The van der Waals surface area contributed by atoms with Crippen LogP contribution < -0.4 is 0 Å². The summed E-state index contributed by atoms with van der Waals surface area (Å²) < 4.78 is 1.82. The van der Waals surface area contributed by atoms with Crippen molar-refractivity contribution < 1.29 is 10.2 Å². The molecule has 1 rings (SSSR count). The molecule has 0 aliphatic carbocycles. The minimum absolute atomic E-state index is 0.124. The maximum Gasteiger partial charge on any atom is 0.138 e. The topological polar surface area (TPSA) is 71.2 Å². The monoisotopic (exact) mass is 213 g/mol. The molecule has 1 atom stereocenters. The molecule has 0 saturated carbocycles. The predicted octanol–water partition coefficient (Wildman–Crippen LogP) is 0.364. The Balaban J connectivity index is 2.44. The van der Waals surface area contributed by atoms with Crippen molar-refractivity contribution in [2.24, 2.45) is 0 Å². The van der Waals surface area contributed by atoms with Crippen LogP contribution in [0.15, 0.2) is 6.33 Å². The Bertz CT molecular complexity index is 275. The van der Waals surface area contributed by atoms with E-state index in [1.165, 1.54) is 6.33 Å². The van der Waals surface area contributed by atoms with Crippen LogP contribution in [0.4, 0.5) is 0 Å². The van der Waals surface area contributed by atoms with Crippen LogP contribution >= 0.6 is 0 Å². The molecule has 5 nitrogen and oxygen atoms in total. The molecule has 0 aromatic carbocycles. The summed E-state index contributed by atoms with van der Waals surface area (Å²) in [4.78, 5) is 4.11. The minimum atomic E-state index is -0.433. The molecular weight excluding hydrogens is 194 g/mol. The van der Waals surface area contributed by atoms with Crippen LogP contribution in [0.3, 0.4) is 0 Å². The summed E-state index contributed by atoms with van der Waals surface area (Å²) in [6.07, 6.45) is 3.84. The zero-order valence-electron chi connectivity index (χ0n) is 9.13. The molecule has 0 fully saturated rings. The Kier molecular flexibility index (Phi) is 5.28. The average molecular weight is 213 g/mol. The summed E-state index contributed by atoms with van der Waals surface area (Å²) >= 11 is 0. The Morgan fingerprint density at radius 2 is 2.33 bits per heavy atom. The summed E-state index contributed by atoms with van der Waals surface area (Å²) in [6, 6.07) is 0. The summed E-state index contributed by atoms with van der Waals surface area (Å²) in [6.45, 7) is 3.04. The molecule has 0 amide bonds. The van der Waals surface area contributed by atoms with Gasteiger partial charge in [0.2, 0.25) is 0 Å². The van der Waals surface area contributed by atoms with Crippen LogP contribution in [0.2, 0.25) is 0 Å². The standard InChI is InChI=1S/C10H19N3O2/c1-2-5-13-10(11-8-12-13)7-9(15)4-3-6-14/h8-9,14-15H,2-7H2,1H3. The van der Waals surface area contributed by atoms with E-state index in [0.29, 0.717) is 19.3 Å². The maximum absolute atomic E-state index is 9.65. The van der Waals surface area contributed by atoms with E-state index in [9.17, 15) is 5.11 Å². The smallest absolute Gasteiger partial charge is 0.138 e. The summed E-state index contributed by atoms with van der Waals surface area (Å²) in [5, 5.41) is 22.4. The second-order valence-corrected chi connectivity index (χ2v) is 3.62. The molecule has 0 radical (unpaired) electrons. The molecular formula is C10H19N3O2. The maximum atomic E-state index is 9.65. The quantitative estimate of drug-likeness (QED) is 0.686. The first-order chi connectivity index (χ1) is 7.27. The van der Waals surface area contributed by atoms with Crippen LogP contribution in [0.5, 0.6) is 0 Å². The third-order valence-corrected chi connectivity index (χ3v) is 2.24. The van der Waals surface area contributed by atoms with E-state index in [-0.39, 0.29) is 6.61 Å². The van der Waals surface area contributed by atoms with Crippen molar-refractivity contribution >= 4 is 0 Å². The average Bonchev–Trinajstić information content (AvgIpc) is 2.63. The van der Waals surface area contributed by atoms with Crippen molar-refractivity contribution in [2.45, 2.75) is 45.3 Å². The second-order valence-electron chi connectivity index (χ2n) is 3.62. The lowest BCUT2D eigenvalue weighted by atomic mass is 10.1. The van der Waals surface area contributed by atoms with E-state index in [1.807, 2.05) is 4.68 Å². The molecule has 0 aliphatic rings. The molecule has 1 heterocycles. The molecule has 0 bridgehead atoms. The van der Waals surface area contributed by atoms with Gasteiger partial charge in [0.05, 0.1) is 6.10 Å². The van der Waals surface area contributed by atoms with Gasteiger partial charge in [-0.1, -0.05) is 6.92 Å². The number of hydrogen-bond donors (Lipinski definition) is 2. The van der Waals surface area contributed by atoms with Gasteiger partial charge in [0.15, 0.2) is 0 Å². The van der Waals surface area contributed by atoms with Crippen LogP contribution in [0, 0.1) is 0 Å². The summed E-state index contributed by atoms with van der Waals surface area (Å²) in [5.74, 6) is 0.822. The molecule has 1 aromatic heterocycles. The van der Waals surface area contributed by atoms with Gasteiger partial charge in [-0.3, -0.25) is 4.68 Å². The van der Waals surface area contributed by atoms with Gasteiger partial charge < -0.3 is 10.2 Å². The molecule has 0 aliphatic heterocycles. The van der Waals surface area contributed by atoms with Gasteiger partial charge in [-0.2, -0.15) is 5.10 Å². The van der Waals surface area contributed by atoms with Crippen LogP contribution in [-0.4, -0.2) is 37.7 Å². The highest BCUT2D eigenvalue weighted by Crippen LogP contribution is 2.05. The predicted molar refractivity (Wildman–Crippen MR) is 56.3 cm³/mol. The Morgan fingerprint density at radius 3 is 3.00 bits per heavy atom. The number of hydrogen-bond acceptors (Lipinski definition) is 4.